The fourth-order valence-electron chi connectivity index (χ4n) is 3.86. The van der Waals surface area contributed by atoms with E-state index in [0.717, 1.165) is 11.0 Å². The third-order valence-corrected chi connectivity index (χ3v) is 5.50. The Bertz CT molecular complexity index is 1100. The molecule has 1 fully saturated rings. The third kappa shape index (κ3) is 3.48. The molecule has 2 aliphatic heterocycles. The van der Waals surface area contributed by atoms with Crippen molar-refractivity contribution in [3.8, 4) is 11.5 Å². The summed E-state index contributed by atoms with van der Waals surface area (Å²) in [5.74, 6) is -6.97. The number of fused-ring (bicyclic) bond motifs is 1. The van der Waals surface area contributed by atoms with E-state index in [1.807, 2.05) is 0 Å². The monoisotopic (exact) mass is 438 g/mol. The van der Waals surface area contributed by atoms with Gasteiger partial charge < -0.3 is 15.2 Å². The van der Waals surface area contributed by atoms with Crippen LogP contribution in [0.4, 0.5) is 17.6 Å². The van der Waals surface area contributed by atoms with Crippen molar-refractivity contribution < 1.29 is 31.8 Å². The van der Waals surface area contributed by atoms with Crippen molar-refractivity contribution in [1.82, 2.24) is 9.88 Å². The van der Waals surface area contributed by atoms with Gasteiger partial charge in [0.05, 0.1) is 24.8 Å². The maximum absolute atomic E-state index is 15.0. The third-order valence-electron chi connectivity index (χ3n) is 5.50. The van der Waals surface area contributed by atoms with Gasteiger partial charge in [0.25, 0.3) is 5.95 Å². The summed E-state index contributed by atoms with van der Waals surface area (Å²) in [4.78, 5) is 21.6. The Morgan fingerprint density at radius 2 is 1.94 bits per heavy atom. The minimum Gasteiger partial charge on any atom is -0.449 e. The van der Waals surface area contributed by atoms with Gasteiger partial charge in [-0.15, -0.1) is 0 Å². The molecule has 1 amide bonds. The highest BCUT2D eigenvalue weighted by Gasteiger charge is 2.54. The number of amides is 1. The van der Waals surface area contributed by atoms with Gasteiger partial charge in [-0.05, 0) is 19.4 Å². The molecule has 0 radical (unpaired) electrons. The number of hydrogen-bond donors (Lipinski definition) is 1. The summed E-state index contributed by atoms with van der Waals surface area (Å²) >= 11 is 0. The Morgan fingerprint density at radius 1 is 1.19 bits per heavy atom. The molecule has 3 heterocycles. The smallest absolute Gasteiger partial charge is 0.256 e. The van der Waals surface area contributed by atoms with Gasteiger partial charge in [-0.1, -0.05) is 0 Å². The molecule has 3 atom stereocenters. The average molecular weight is 438 g/mol. The number of guanidine groups is 1. The number of pyridine rings is 1. The predicted molar refractivity (Wildman–Crippen MR) is 100 cm³/mol. The van der Waals surface area contributed by atoms with Crippen LogP contribution >= 0.6 is 0 Å². The van der Waals surface area contributed by atoms with Crippen LogP contribution in [0.2, 0.25) is 0 Å². The molecule has 1 aromatic carbocycles. The normalized spacial score (nSPS) is 25.8. The van der Waals surface area contributed by atoms with Crippen LogP contribution in [-0.4, -0.2) is 41.5 Å². The summed E-state index contributed by atoms with van der Waals surface area (Å²) in [5.41, 5.74) is 4.10. The second-order valence-electron chi connectivity index (χ2n) is 7.51. The second kappa shape index (κ2) is 7.49. The number of benzene rings is 1. The Morgan fingerprint density at radius 3 is 2.68 bits per heavy atom. The number of nitrogens with two attached hydrogens (primary N) is 1. The zero-order valence-electron chi connectivity index (χ0n) is 16.5. The van der Waals surface area contributed by atoms with Gasteiger partial charge >= 0.3 is 0 Å². The fourth-order valence-corrected chi connectivity index (χ4v) is 3.86. The molecular formula is C20H18F4N4O3. The average Bonchev–Trinajstić information content (AvgIpc) is 2.72. The van der Waals surface area contributed by atoms with Gasteiger partial charge in [-0.25, -0.2) is 23.1 Å². The Balaban J connectivity index is 1.85. The number of hydrogen-bond acceptors (Lipinski definition) is 6. The van der Waals surface area contributed by atoms with Crippen molar-refractivity contribution in [2.75, 3.05) is 13.7 Å². The molecule has 0 saturated carbocycles. The fraction of sp³-hybridized carbons (Fsp3) is 0.350. The summed E-state index contributed by atoms with van der Waals surface area (Å²) in [6.45, 7) is 1.56. The molecule has 0 aliphatic carbocycles. The van der Waals surface area contributed by atoms with Gasteiger partial charge in [-0.2, -0.15) is 4.39 Å². The van der Waals surface area contributed by atoms with Gasteiger partial charge in [0.15, 0.2) is 23.3 Å². The lowest BCUT2D eigenvalue weighted by molar-refractivity contribution is -0.144. The quantitative estimate of drug-likeness (QED) is 0.588. The van der Waals surface area contributed by atoms with E-state index in [-0.39, 0.29) is 30.7 Å². The number of carbonyl (C=O) groups is 1. The lowest BCUT2D eigenvalue weighted by atomic mass is 9.72. The first-order valence-corrected chi connectivity index (χ1v) is 9.35. The first-order chi connectivity index (χ1) is 14.6. The summed E-state index contributed by atoms with van der Waals surface area (Å²) < 4.78 is 67.5. The van der Waals surface area contributed by atoms with Crippen LogP contribution in [0.1, 0.15) is 18.9 Å². The van der Waals surface area contributed by atoms with Crippen molar-refractivity contribution in [3.05, 3.63) is 53.4 Å². The summed E-state index contributed by atoms with van der Waals surface area (Å²) in [6.07, 6.45) is 0.534. The lowest BCUT2D eigenvalue weighted by Crippen LogP contribution is -2.59. The SMILES string of the molecule is C[C@H]1C[C@H]2C(=O)N(C)C(N)=N[C@@]2(c2cc(Oc3cc(F)cnc3F)c(F)cc2F)CO1. The number of halogens is 4. The molecule has 1 aromatic heterocycles. The van der Waals surface area contributed by atoms with E-state index in [1.165, 1.54) is 7.05 Å². The lowest BCUT2D eigenvalue weighted by Gasteiger charge is -2.46. The second-order valence-corrected chi connectivity index (χ2v) is 7.51. The van der Waals surface area contributed by atoms with Crippen LogP contribution in [0.5, 0.6) is 11.5 Å². The van der Waals surface area contributed by atoms with Crippen molar-refractivity contribution in [1.29, 1.82) is 0 Å². The van der Waals surface area contributed by atoms with E-state index in [2.05, 4.69) is 9.98 Å². The minimum absolute atomic E-state index is 0.161. The highest BCUT2D eigenvalue weighted by Crippen LogP contribution is 2.46. The van der Waals surface area contributed by atoms with Crippen molar-refractivity contribution in [2.45, 2.75) is 25.0 Å². The maximum atomic E-state index is 15.0. The molecule has 0 bridgehead atoms. The standard InChI is InChI=1S/C20H18F4N4O3/c1-9-3-12-18(29)28(2)19(25)27-20(12,8-30-9)11-5-15(14(23)6-13(11)22)31-16-4-10(21)7-26-17(16)24/h4-7,9,12H,3,8H2,1-2H3,(H2,25,27)/t9-,12-,20+/m0/s1. The van der Waals surface area contributed by atoms with E-state index in [0.29, 0.717) is 18.3 Å². The molecule has 2 N–H and O–H groups in total. The summed E-state index contributed by atoms with van der Waals surface area (Å²) in [7, 11) is 1.44. The topological polar surface area (TPSA) is 90.0 Å². The molecule has 2 aliphatic rings. The van der Waals surface area contributed by atoms with Crippen LogP contribution in [0.15, 0.2) is 29.4 Å². The van der Waals surface area contributed by atoms with Gasteiger partial charge in [0.2, 0.25) is 5.91 Å². The van der Waals surface area contributed by atoms with Crippen LogP contribution in [0, 0.1) is 29.3 Å². The molecule has 0 spiro atoms. The zero-order valence-corrected chi connectivity index (χ0v) is 16.5. The first-order valence-electron chi connectivity index (χ1n) is 9.35. The van der Waals surface area contributed by atoms with Gasteiger partial charge in [-0.3, -0.25) is 9.69 Å². The molecule has 11 heteroatoms. The summed E-state index contributed by atoms with van der Waals surface area (Å²) in [6, 6.07) is 2.15. The van der Waals surface area contributed by atoms with E-state index in [4.69, 9.17) is 15.2 Å². The molecule has 1 saturated heterocycles. The van der Waals surface area contributed by atoms with E-state index < -0.39 is 52.3 Å². The van der Waals surface area contributed by atoms with Crippen molar-refractivity contribution in [2.24, 2.45) is 16.6 Å². The van der Waals surface area contributed by atoms with Crippen LogP contribution < -0.4 is 10.5 Å². The Kier molecular flexibility index (Phi) is 5.08. The van der Waals surface area contributed by atoms with Gasteiger partial charge in [0.1, 0.15) is 17.2 Å². The Labute approximate surface area is 174 Å². The minimum atomic E-state index is -1.57. The van der Waals surface area contributed by atoms with Crippen LogP contribution in [-0.2, 0) is 15.1 Å². The van der Waals surface area contributed by atoms with E-state index in [1.54, 1.807) is 6.92 Å². The van der Waals surface area contributed by atoms with E-state index in [9.17, 15) is 22.4 Å². The first kappa shape index (κ1) is 21.0. The predicted octanol–water partition coefficient (Wildman–Crippen LogP) is 2.84. The highest BCUT2D eigenvalue weighted by atomic mass is 19.1. The number of rotatable bonds is 3. The van der Waals surface area contributed by atoms with Crippen LogP contribution in [0.25, 0.3) is 0 Å². The number of aromatic nitrogens is 1. The van der Waals surface area contributed by atoms with Crippen molar-refractivity contribution >= 4 is 11.9 Å². The Hall–Kier alpha value is -3.21. The molecule has 164 valence electrons. The zero-order chi connectivity index (χ0) is 22.5. The summed E-state index contributed by atoms with van der Waals surface area (Å²) in [5, 5.41) is 0. The number of aliphatic imine (C=N–C) groups is 1. The molecule has 7 nitrogen and oxygen atoms in total. The number of nitrogens with zero attached hydrogens (tertiary/aromatic N) is 3. The maximum Gasteiger partial charge on any atom is 0.256 e. The number of carbonyl (C=O) groups excluding carboxylic acids is 1. The van der Waals surface area contributed by atoms with Crippen molar-refractivity contribution in [3.63, 3.8) is 0 Å². The molecule has 0 unspecified atom stereocenters. The highest BCUT2D eigenvalue weighted by molar-refractivity contribution is 6.00. The number of ether oxygens (including phenoxy) is 2. The molecule has 4 rings (SSSR count). The molecule has 31 heavy (non-hydrogen) atoms. The molecular weight excluding hydrogens is 420 g/mol. The van der Waals surface area contributed by atoms with Crippen LogP contribution in [0.3, 0.4) is 0 Å². The van der Waals surface area contributed by atoms with E-state index >= 15 is 0 Å². The van der Waals surface area contributed by atoms with Gasteiger partial charge in [0, 0.05) is 24.7 Å². The molecule has 2 aromatic rings. The largest absolute Gasteiger partial charge is 0.449 e.